The van der Waals surface area contributed by atoms with Gasteiger partial charge >= 0.3 is 51.4 Å². The number of nitrogens with zero attached hydrogens (tertiary/aromatic N) is 3. The summed E-state index contributed by atoms with van der Waals surface area (Å²) in [5, 5.41) is 13.8. The van der Waals surface area contributed by atoms with Gasteiger partial charge in [0.2, 0.25) is 0 Å². The molecule has 0 saturated carbocycles. The molecule has 0 saturated heterocycles. The van der Waals surface area contributed by atoms with Crippen LogP contribution in [0.2, 0.25) is 0 Å². The summed E-state index contributed by atoms with van der Waals surface area (Å²) in [6.45, 7) is 0. The van der Waals surface area contributed by atoms with Crippen LogP contribution in [-0.4, -0.2) is 0 Å². The molecule has 0 aromatic heterocycles. The molecule has 0 aliphatic carbocycles. The Morgan fingerprint density at radius 2 is 1.82 bits per heavy atom. The molecule has 0 radical (unpaired) electrons. The van der Waals surface area contributed by atoms with E-state index in [1.54, 1.807) is 0 Å². The Hall–Kier alpha value is -0.0336. The van der Waals surface area contributed by atoms with Crippen molar-refractivity contribution in [1.82, 2.24) is 0 Å². The minimum absolute atomic E-state index is 0. The Labute approximate surface area is 106 Å². The van der Waals surface area contributed by atoms with Crippen LogP contribution in [0.25, 0.3) is 10.4 Å². The van der Waals surface area contributed by atoms with Crippen LogP contribution < -0.4 is 56.5 Å². The summed E-state index contributed by atoms with van der Waals surface area (Å²) in [6.07, 6.45) is 0. The molecule has 0 spiro atoms. The van der Waals surface area contributed by atoms with Gasteiger partial charge in [0.15, 0.2) is 0 Å². The number of hydrogen-bond acceptors (Lipinski definition) is 2. The molecule has 50 valence electrons. The Morgan fingerprint density at radius 3 is 2.27 bits per heavy atom. The largest absolute Gasteiger partial charge is 1.00 e. The summed E-state index contributed by atoms with van der Waals surface area (Å²) in [4.78, 5) is 2.56. The molecule has 1 rings (SSSR count). The van der Waals surface area contributed by atoms with Crippen molar-refractivity contribution in [2.45, 2.75) is 0 Å². The maximum absolute atomic E-state index is 10.5. The van der Waals surface area contributed by atoms with E-state index in [2.05, 4.69) is 10.0 Å². The fourth-order valence-corrected chi connectivity index (χ4v) is 0.564. The van der Waals surface area contributed by atoms with Gasteiger partial charge in [-0.05, 0) is 5.53 Å². The summed E-state index contributed by atoms with van der Waals surface area (Å²) in [6, 6.07) is 5.65. The maximum atomic E-state index is 10.5. The van der Waals surface area contributed by atoms with Gasteiger partial charge in [-0.3, -0.25) is 0 Å². The van der Waals surface area contributed by atoms with Crippen molar-refractivity contribution in [3.8, 4) is 5.75 Å². The quantitative estimate of drug-likeness (QED) is 0.225. The first-order valence-electron chi connectivity index (χ1n) is 2.65. The van der Waals surface area contributed by atoms with Crippen molar-refractivity contribution in [1.29, 1.82) is 0 Å². The second kappa shape index (κ2) is 5.60. The van der Waals surface area contributed by atoms with Gasteiger partial charge in [-0.1, -0.05) is 29.4 Å². The van der Waals surface area contributed by atoms with E-state index < -0.39 is 0 Å². The number of azide groups is 1. The van der Waals surface area contributed by atoms with Crippen LogP contribution in [-0.2, 0) is 0 Å². The van der Waals surface area contributed by atoms with Crippen LogP contribution in [0.1, 0.15) is 0 Å². The molecule has 0 aliphatic rings. The average Bonchev–Trinajstić information content (AvgIpc) is 1.95. The van der Waals surface area contributed by atoms with Crippen molar-refractivity contribution >= 4 is 5.69 Å². The number of hydrogen-bond donors (Lipinski definition) is 0. The molecule has 0 amide bonds. The SMILES string of the molecule is [K+].[N-]=[N+]=Nc1ccc([O-])cc1. The summed E-state index contributed by atoms with van der Waals surface area (Å²) in [7, 11) is 0. The zero-order valence-electron chi connectivity index (χ0n) is 6.06. The maximum Gasteiger partial charge on any atom is 1.00 e. The number of rotatable bonds is 1. The molecule has 11 heavy (non-hydrogen) atoms. The average molecular weight is 173 g/mol. The van der Waals surface area contributed by atoms with Crippen LogP contribution in [0.15, 0.2) is 29.4 Å². The third-order valence-corrected chi connectivity index (χ3v) is 0.997. The van der Waals surface area contributed by atoms with E-state index in [-0.39, 0.29) is 57.1 Å². The van der Waals surface area contributed by atoms with E-state index in [0.717, 1.165) is 0 Å². The van der Waals surface area contributed by atoms with E-state index in [0.29, 0.717) is 5.69 Å². The minimum atomic E-state index is -0.0862. The van der Waals surface area contributed by atoms with Crippen molar-refractivity contribution in [2.75, 3.05) is 0 Å². The van der Waals surface area contributed by atoms with Gasteiger partial charge < -0.3 is 5.11 Å². The van der Waals surface area contributed by atoms with Gasteiger partial charge in [0.05, 0.1) is 0 Å². The van der Waals surface area contributed by atoms with Crippen molar-refractivity contribution in [3.05, 3.63) is 34.7 Å². The summed E-state index contributed by atoms with van der Waals surface area (Å²) in [5.74, 6) is -0.0862. The van der Waals surface area contributed by atoms with Crippen LogP contribution in [0.4, 0.5) is 5.69 Å². The second-order valence-corrected chi connectivity index (χ2v) is 1.68. The number of benzene rings is 1. The van der Waals surface area contributed by atoms with E-state index in [9.17, 15) is 5.11 Å². The van der Waals surface area contributed by atoms with Crippen molar-refractivity contribution in [3.63, 3.8) is 0 Å². The van der Waals surface area contributed by atoms with Gasteiger partial charge in [-0.2, -0.15) is 0 Å². The standard InChI is InChI=1S/C6H5N3O.K/c7-9-8-5-1-3-6(10)4-2-5;/h1-4,10H;/q;+1/p-1. The van der Waals surface area contributed by atoms with Gasteiger partial charge in [-0.15, -0.1) is 5.75 Å². The molecule has 4 nitrogen and oxygen atoms in total. The van der Waals surface area contributed by atoms with E-state index in [1.807, 2.05) is 0 Å². The van der Waals surface area contributed by atoms with Gasteiger partial charge in [-0.25, -0.2) is 0 Å². The molecule has 0 bridgehead atoms. The van der Waals surface area contributed by atoms with Crippen LogP contribution in [0.5, 0.6) is 5.75 Å². The first kappa shape index (κ1) is 11.0. The monoisotopic (exact) mass is 173 g/mol. The Kier molecular flexibility index (Phi) is 5.58. The molecular weight excluding hydrogens is 169 g/mol. The third kappa shape index (κ3) is 3.76. The Balaban J connectivity index is 0.000001000. The molecule has 0 fully saturated rings. The van der Waals surface area contributed by atoms with Crippen LogP contribution in [0, 0.1) is 0 Å². The van der Waals surface area contributed by atoms with Crippen LogP contribution >= 0.6 is 0 Å². The fraction of sp³-hybridized carbons (Fsp3) is 0. The molecule has 1 aromatic carbocycles. The molecule has 0 unspecified atom stereocenters. The molecule has 0 atom stereocenters. The smallest absolute Gasteiger partial charge is 0.872 e. The first-order chi connectivity index (χ1) is 4.83. The zero-order chi connectivity index (χ0) is 7.40. The normalized spacial score (nSPS) is 7.64. The van der Waals surface area contributed by atoms with Crippen molar-refractivity contribution < 1.29 is 56.5 Å². The summed E-state index contributed by atoms with van der Waals surface area (Å²) in [5.41, 5.74) is 8.43. The molecule has 1 aromatic rings. The second-order valence-electron chi connectivity index (χ2n) is 1.68. The zero-order valence-corrected chi connectivity index (χ0v) is 9.18. The summed E-state index contributed by atoms with van der Waals surface area (Å²) < 4.78 is 0. The topological polar surface area (TPSA) is 71.8 Å². The van der Waals surface area contributed by atoms with Gasteiger partial charge in [0, 0.05) is 10.6 Å². The Morgan fingerprint density at radius 1 is 1.27 bits per heavy atom. The predicted octanol–water partition coefficient (Wildman–Crippen LogP) is -1.29. The first-order valence-corrected chi connectivity index (χ1v) is 2.65. The predicted molar refractivity (Wildman–Crippen MR) is 34.7 cm³/mol. The molecule has 0 aliphatic heterocycles. The van der Waals surface area contributed by atoms with E-state index in [1.165, 1.54) is 24.3 Å². The molecule has 0 heterocycles. The van der Waals surface area contributed by atoms with E-state index >= 15 is 0 Å². The molecule has 0 N–H and O–H groups in total. The van der Waals surface area contributed by atoms with Crippen LogP contribution in [0.3, 0.4) is 0 Å². The van der Waals surface area contributed by atoms with Gasteiger partial charge in [0.1, 0.15) is 0 Å². The minimum Gasteiger partial charge on any atom is -0.872 e. The fourth-order valence-electron chi connectivity index (χ4n) is 0.564. The Bertz CT molecular complexity index is 266. The van der Waals surface area contributed by atoms with E-state index in [4.69, 9.17) is 5.53 Å². The molecular formula is C6H4KN3O. The third-order valence-electron chi connectivity index (χ3n) is 0.997. The summed E-state index contributed by atoms with van der Waals surface area (Å²) >= 11 is 0. The molecule has 5 heteroatoms. The van der Waals surface area contributed by atoms with Gasteiger partial charge in [0.25, 0.3) is 0 Å². The van der Waals surface area contributed by atoms with Crippen molar-refractivity contribution in [2.24, 2.45) is 5.11 Å².